The number of benzene rings is 2. The highest BCUT2D eigenvalue weighted by Gasteiger charge is 2.02. The van der Waals surface area contributed by atoms with Crippen molar-refractivity contribution in [3.05, 3.63) is 76.6 Å². The molecule has 0 spiro atoms. The normalized spacial score (nSPS) is 10.9. The van der Waals surface area contributed by atoms with Crippen molar-refractivity contribution in [2.75, 3.05) is 5.73 Å². The van der Waals surface area contributed by atoms with Crippen LogP contribution in [-0.2, 0) is 13.0 Å². The minimum absolute atomic E-state index is 0.0611. The van der Waals surface area contributed by atoms with Gasteiger partial charge < -0.3 is 10.3 Å². The van der Waals surface area contributed by atoms with Crippen LogP contribution < -0.4 is 11.3 Å². The topological polar surface area (TPSA) is 48.0 Å². The van der Waals surface area contributed by atoms with Crippen molar-refractivity contribution in [3.8, 4) is 0 Å². The number of aryl methyl sites for hydroxylation is 2. The minimum atomic E-state index is 0.0611. The lowest BCUT2D eigenvalue weighted by Crippen LogP contribution is -2.19. The summed E-state index contributed by atoms with van der Waals surface area (Å²) in [6.45, 7) is 0.727. The maximum Gasteiger partial charge on any atom is 0.251 e. The van der Waals surface area contributed by atoms with Crippen LogP contribution in [-0.4, -0.2) is 4.57 Å². The van der Waals surface area contributed by atoms with Crippen LogP contribution in [0.4, 0.5) is 5.69 Å². The molecule has 3 rings (SSSR count). The molecule has 21 heavy (non-hydrogen) atoms. The summed E-state index contributed by atoms with van der Waals surface area (Å²) < 4.78 is 1.85. The van der Waals surface area contributed by atoms with Gasteiger partial charge in [0.15, 0.2) is 0 Å². The van der Waals surface area contributed by atoms with Gasteiger partial charge >= 0.3 is 0 Å². The third kappa shape index (κ3) is 2.97. The number of nitrogens with two attached hydrogens (primary N) is 1. The molecule has 1 heterocycles. The minimum Gasteiger partial charge on any atom is -0.399 e. The molecular weight excluding hydrogens is 260 g/mol. The van der Waals surface area contributed by atoms with Gasteiger partial charge in [0.2, 0.25) is 0 Å². The molecular formula is C18H18N2O. The molecule has 0 unspecified atom stereocenters. The predicted molar refractivity (Wildman–Crippen MR) is 87.4 cm³/mol. The van der Waals surface area contributed by atoms with Gasteiger partial charge in [-0.25, -0.2) is 0 Å². The number of nitrogen functional groups attached to an aromatic ring is 1. The Hall–Kier alpha value is -2.55. The first-order valence-corrected chi connectivity index (χ1v) is 7.17. The Balaban J connectivity index is 1.77. The van der Waals surface area contributed by atoms with Gasteiger partial charge in [-0.2, -0.15) is 0 Å². The zero-order valence-corrected chi connectivity index (χ0v) is 11.8. The first-order valence-electron chi connectivity index (χ1n) is 7.17. The Morgan fingerprint density at radius 1 is 0.905 bits per heavy atom. The molecule has 0 aliphatic carbocycles. The standard InChI is InChI=1S/C18H18N2O/c19-16-10-7-14(8-11-16)4-3-13-20-17-6-2-1-5-15(17)9-12-18(20)21/h1-2,5-12H,3-4,13,19H2. The molecule has 3 nitrogen and oxygen atoms in total. The van der Waals surface area contributed by atoms with Crippen LogP contribution in [0.3, 0.4) is 0 Å². The number of rotatable bonds is 4. The predicted octanol–water partition coefficient (Wildman–Crippen LogP) is 3.22. The van der Waals surface area contributed by atoms with Crippen LogP contribution in [0.2, 0.25) is 0 Å². The SMILES string of the molecule is Nc1ccc(CCCn2c(=O)ccc3ccccc32)cc1. The highest BCUT2D eigenvalue weighted by molar-refractivity contribution is 5.78. The summed E-state index contributed by atoms with van der Waals surface area (Å²) in [5.41, 5.74) is 8.78. The first-order chi connectivity index (χ1) is 10.2. The lowest BCUT2D eigenvalue weighted by molar-refractivity contribution is 0.642. The molecule has 3 aromatic rings. The number of anilines is 1. The molecule has 106 valence electrons. The van der Waals surface area contributed by atoms with Gasteiger partial charge in [-0.05, 0) is 48.1 Å². The molecule has 0 atom stereocenters. The van der Waals surface area contributed by atoms with Crippen molar-refractivity contribution in [1.82, 2.24) is 4.57 Å². The van der Waals surface area contributed by atoms with Crippen LogP contribution in [0.1, 0.15) is 12.0 Å². The Morgan fingerprint density at radius 2 is 1.67 bits per heavy atom. The van der Waals surface area contributed by atoms with Crippen molar-refractivity contribution < 1.29 is 0 Å². The van der Waals surface area contributed by atoms with E-state index in [4.69, 9.17) is 5.73 Å². The van der Waals surface area contributed by atoms with Crippen LogP contribution in [0.15, 0.2) is 65.5 Å². The summed E-state index contributed by atoms with van der Waals surface area (Å²) in [6, 6.07) is 19.4. The van der Waals surface area contributed by atoms with Gasteiger partial charge in [-0.15, -0.1) is 0 Å². The lowest BCUT2D eigenvalue weighted by atomic mass is 10.1. The third-order valence-corrected chi connectivity index (χ3v) is 3.73. The Kier molecular flexibility index (Phi) is 3.73. The summed E-state index contributed by atoms with van der Waals surface area (Å²) in [5.74, 6) is 0. The summed E-state index contributed by atoms with van der Waals surface area (Å²) in [4.78, 5) is 12.1. The molecule has 1 aromatic heterocycles. The van der Waals surface area contributed by atoms with E-state index in [1.54, 1.807) is 6.07 Å². The van der Waals surface area contributed by atoms with E-state index < -0.39 is 0 Å². The van der Waals surface area contributed by atoms with Crippen LogP contribution in [0.5, 0.6) is 0 Å². The maximum atomic E-state index is 12.1. The fraction of sp³-hybridized carbons (Fsp3) is 0.167. The summed E-state index contributed by atoms with van der Waals surface area (Å²) >= 11 is 0. The monoisotopic (exact) mass is 278 g/mol. The molecule has 2 N–H and O–H groups in total. The lowest BCUT2D eigenvalue weighted by Gasteiger charge is -2.10. The molecule has 0 bridgehead atoms. The largest absolute Gasteiger partial charge is 0.399 e. The van der Waals surface area contributed by atoms with E-state index in [9.17, 15) is 4.79 Å². The number of hydrogen-bond donors (Lipinski definition) is 1. The number of hydrogen-bond acceptors (Lipinski definition) is 2. The molecule has 2 aromatic carbocycles. The van der Waals surface area contributed by atoms with Crippen molar-refractivity contribution in [2.45, 2.75) is 19.4 Å². The van der Waals surface area contributed by atoms with Gasteiger partial charge in [0.25, 0.3) is 5.56 Å². The second kappa shape index (κ2) is 5.83. The van der Waals surface area contributed by atoms with Gasteiger partial charge in [-0.3, -0.25) is 4.79 Å². The van der Waals surface area contributed by atoms with E-state index in [0.29, 0.717) is 0 Å². The number of aromatic nitrogens is 1. The smallest absolute Gasteiger partial charge is 0.251 e. The highest BCUT2D eigenvalue weighted by atomic mass is 16.1. The maximum absolute atomic E-state index is 12.1. The summed E-state index contributed by atoms with van der Waals surface area (Å²) in [7, 11) is 0. The Labute approximate surface area is 123 Å². The zero-order valence-electron chi connectivity index (χ0n) is 11.8. The molecule has 3 heteroatoms. The first kappa shape index (κ1) is 13.4. The number of fused-ring (bicyclic) bond motifs is 1. The third-order valence-electron chi connectivity index (χ3n) is 3.73. The average molecular weight is 278 g/mol. The van der Waals surface area contributed by atoms with E-state index >= 15 is 0 Å². The molecule has 0 aliphatic heterocycles. The van der Waals surface area contributed by atoms with Crippen LogP contribution in [0.25, 0.3) is 10.9 Å². The number of nitrogens with zero attached hydrogens (tertiary/aromatic N) is 1. The van der Waals surface area contributed by atoms with Crippen LogP contribution in [0, 0.1) is 0 Å². The average Bonchev–Trinajstić information content (AvgIpc) is 2.51. The van der Waals surface area contributed by atoms with Crippen molar-refractivity contribution in [3.63, 3.8) is 0 Å². The fourth-order valence-electron chi connectivity index (χ4n) is 2.60. The Morgan fingerprint density at radius 3 is 2.48 bits per heavy atom. The van der Waals surface area contributed by atoms with Gasteiger partial charge in [0.05, 0.1) is 5.52 Å². The number of pyridine rings is 1. The Bertz CT molecular complexity index is 803. The molecule has 0 fully saturated rings. The van der Waals surface area contributed by atoms with E-state index in [0.717, 1.165) is 36.0 Å². The van der Waals surface area contributed by atoms with Crippen molar-refractivity contribution in [2.24, 2.45) is 0 Å². The number of para-hydroxylation sites is 1. The van der Waals surface area contributed by atoms with Gasteiger partial charge in [0, 0.05) is 18.3 Å². The molecule has 0 radical (unpaired) electrons. The highest BCUT2D eigenvalue weighted by Crippen LogP contribution is 2.13. The van der Waals surface area contributed by atoms with Gasteiger partial charge in [0.1, 0.15) is 0 Å². The van der Waals surface area contributed by atoms with E-state index in [-0.39, 0.29) is 5.56 Å². The zero-order chi connectivity index (χ0) is 14.7. The molecule has 0 aliphatic rings. The van der Waals surface area contributed by atoms with E-state index in [1.165, 1.54) is 5.56 Å². The summed E-state index contributed by atoms with van der Waals surface area (Å²) in [5, 5.41) is 1.10. The molecule has 0 saturated carbocycles. The molecule has 0 amide bonds. The second-order valence-electron chi connectivity index (χ2n) is 5.23. The molecule has 0 saturated heterocycles. The van der Waals surface area contributed by atoms with Gasteiger partial charge in [-0.1, -0.05) is 30.3 Å². The quantitative estimate of drug-likeness (QED) is 0.745. The van der Waals surface area contributed by atoms with Crippen molar-refractivity contribution >= 4 is 16.6 Å². The second-order valence-corrected chi connectivity index (χ2v) is 5.23. The van der Waals surface area contributed by atoms with Crippen molar-refractivity contribution in [1.29, 1.82) is 0 Å². The summed E-state index contributed by atoms with van der Waals surface area (Å²) in [6.07, 6.45) is 1.87. The van der Waals surface area contributed by atoms with Crippen LogP contribution >= 0.6 is 0 Å². The van der Waals surface area contributed by atoms with E-state index in [1.807, 2.05) is 59.2 Å². The van der Waals surface area contributed by atoms with E-state index in [2.05, 4.69) is 0 Å². The fourth-order valence-corrected chi connectivity index (χ4v) is 2.60.